The van der Waals surface area contributed by atoms with E-state index in [2.05, 4.69) is 14.7 Å². The number of hydrogen-bond donors (Lipinski definition) is 1. The van der Waals surface area contributed by atoms with Crippen molar-refractivity contribution in [2.75, 3.05) is 11.6 Å². The van der Waals surface area contributed by atoms with Gasteiger partial charge in [-0.1, -0.05) is 30.3 Å². The van der Waals surface area contributed by atoms with Crippen LogP contribution in [0.3, 0.4) is 0 Å². The number of aliphatic imine (C=N–C) groups is 1. The molecule has 1 atom stereocenters. The van der Waals surface area contributed by atoms with Crippen LogP contribution in [0, 0.1) is 0 Å². The van der Waals surface area contributed by atoms with Gasteiger partial charge in [0.2, 0.25) is 0 Å². The van der Waals surface area contributed by atoms with Crippen molar-refractivity contribution in [1.29, 1.82) is 0 Å². The number of hydrogen-bond acceptors (Lipinski definition) is 2. The predicted molar refractivity (Wildman–Crippen MR) is 83.2 cm³/mol. The van der Waals surface area contributed by atoms with Gasteiger partial charge in [0.05, 0.1) is 14.6 Å². The van der Waals surface area contributed by atoms with Gasteiger partial charge in [-0.15, -0.1) is 0 Å². The maximum Gasteiger partial charge on any atom is 0.347 e. The first kappa shape index (κ1) is 13.5. The number of nitrogens with zero attached hydrogens (tertiary/aromatic N) is 2. The molecule has 2 aromatic rings. The van der Waals surface area contributed by atoms with E-state index in [1.54, 1.807) is 42.7 Å². The van der Waals surface area contributed by atoms with E-state index in [1.165, 1.54) is 0 Å². The quantitative estimate of drug-likeness (QED) is 0.878. The van der Waals surface area contributed by atoms with Crippen LogP contribution in [0.5, 0.6) is 0 Å². The van der Waals surface area contributed by atoms with Crippen molar-refractivity contribution in [3.63, 3.8) is 0 Å². The van der Waals surface area contributed by atoms with E-state index >= 15 is 0 Å². The molecule has 1 aliphatic heterocycles. The molecule has 0 aromatic heterocycles. The van der Waals surface area contributed by atoms with Gasteiger partial charge in [-0.25, -0.2) is 9.00 Å². The van der Waals surface area contributed by atoms with Crippen molar-refractivity contribution in [3.8, 4) is 0 Å². The minimum Gasteiger partial charge on any atom is -0.306 e. The number of urea groups is 1. The zero-order valence-corrected chi connectivity index (χ0v) is 12.1. The minimum atomic E-state index is -2.51. The standard InChI is InChI=1S/C15H13N3O2S/c1-21(20)13-10-6-5-9-12(13)14(18-21)17-15(19)16-11-7-3-2-4-8-11/h2-10H,1H3,(H,16,19)/t21-/m1/s1. The summed E-state index contributed by atoms with van der Waals surface area (Å²) in [6, 6.07) is 15.6. The van der Waals surface area contributed by atoms with Crippen LogP contribution in [0.15, 0.2) is 68.8 Å². The number of benzene rings is 2. The normalized spacial score (nSPS) is 21.7. The highest BCUT2D eigenvalue weighted by atomic mass is 32.2. The van der Waals surface area contributed by atoms with Crippen molar-refractivity contribution >= 4 is 27.3 Å². The lowest BCUT2D eigenvalue weighted by Gasteiger charge is -2.01. The summed E-state index contributed by atoms with van der Waals surface area (Å²) in [7, 11) is -2.51. The predicted octanol–water partition coefficient (Wildman–Crippen LogP) is 3.14. The Hall–Kier alpha value is -2.47. The van der Waals surface area contributed by atoms with Crippen molar-refractivity contribution in [2.45, 2.75) is 4.90 Å². The Morgan fingerprint density at radius 2 is 1.76 bits per heavy atom. The number of carbonyl (C=O) groups excluding carboxylic acids is 1. The first-order chi connectivity index (χ1) is 10.1. The molecule has 21 heavy (non-hydrogen) atoms. The highest BCUT2D eigenvalue weighted by Crippen LogP contribution is 2.25. The van der Waals surface area contributed by atoms with Crippen LogP contribution >= 0.6 is 0 Å². The van der Waals surface area contributed by atoms with Gasteiger partial charge in [-0.05, 0) is 24.3 Å². The summed E-state index contributed by atoms with van der Waals surface area (Å²) < 4.78 is 16.5. The van der Waals surface area contributed by atoms with Gasteiger partial charge < -0.3 is 5.32 Å². The molecule has 2 amide bonds. The molecule has 1 heterocycles. The van der Waals surface area contributed by atoms with E-state index < -0.39 is 15.8 Å². The lowest BCUT2D eigenvalue weighted by Crippen LogP contribution is -2.09. The highest BCUT2D eigenvalue weighted by molar-refractivity contribution is 7.93. The first-order valence-corrected chi connectivity index (χ1v) is 8.25. The van der Waals surface area contributed by atoms with Gasteiger partial charge >= 0.3 is 6.03 Å². The molecule has 2 aromatic carbocycles. The van der Waals surface area contributed by atoms with Gasteiger partial charge in [0, 0.05) is 17.5 Å². The molecule has 1 aliphatic rings. The molecule has 0 saturated carbocycles. The molecule has 0 radical (unpaired) electrons. The van der Waals surface area contributed by atoms with E-state index in [1.807, 2.05) is 18.2 Å². The van der Waals surface area contributed by atoms with Crippen LogP contribution in [0.4, 0.5) is 10.5 Å². The maximum atomic E-state index is 12.4. The topological polar surface area (TPSA) is 70.9 Å². The second-order valence-corrected chi connectivity index (χ2v) is 6.85. The maximum absolute atomic E-state index is 12.4. The van der Waals surface area contributed by atoms with Crippen molar-refractivity contribution in [2.24, 2.45) is 9.36 Å². The summed E-state index contributed by atoms with van der Waals surface area (Å²) in [5, 5.41) is 2.65. The largest absolute Gasteiger partial charge is 0.347 e. The summed E-state index contributed by atoms with van der Waals surface area (Å²) in [6.45, 7) is 0. The van der Waals surface area contributed by atoms with E-state index in [0.717, 1.165) is 0 Å². The van der Waals surface area contributed by atoms with Crippen LogP contribution in [0.2, 0.25) is 0 Å². The number of carbonyl (C=O) groups is 1. The Labute approximate surface area is 122 Å². The summed E-state index contributed by atoms with van der Waals surface area (Å²) in [5.41, 5.74) is 1.29. The molecular weight excluding hydrogens is 286 g/mol. The number of amidine groups is 1. The van der Waals surface area contributed by atoms with Crippen LogP contribution in [-0.4, -0.2) is 22.3 Å². The Kier molecular flexibility index (Phi) is 3.31. The molecular formula is C15H13N3O2S. The van der Waals surface area contributed by atoms with Gasteiger partial charge in [0.1, 0.15) is 0 Å². The van der Waals surface area contributed by atoms with Crippen LogP contribution in [-0.2, 0) is 9.73 Å². The average Bonchev–Trinajstić information content (AvgIpc) is 2.72. The minimum absolute atomic E-state index is 0.214. The van der Waals surface area contributed by atoms with Crippen molar-refractivity contribution < 1.29 is 9.00 Å². The molecule has 0 unspecified atom stereocenters. The third-order valence-corrected chi connectivity index (χ3v) is 4.72. The molecule has 0 bridgehead atoms. The third-order valence-electron chi connectivity index (χ3n) is 3.03. The molecule has 106 valence electrons. The van der Waals surface area contributed by atoms with Gasteiger partial charge in [-0.3, -0.25) is 0 Å². The molecule has 3 rings (SSSR count). The van der Waals surface area contributed by atoms with E-state index in [-0.39, 0.29) is 5.84 Å². The summed E-state index contributed by atoms with van der Waals surface area (Å²) in [4.78, 5) is 16.5. The van der Waals surface area contributed by atoms with E-state index in [9.17, 15) is 9.00 Å². The van der Waals surface area contributed by atoms with E-state index in [4.69, 9.17) is 0 Å². The van der Waals surface area contributed by atoms with Crippen LogP contribution in [0.25, 0.3) is 0 Å². The summed E-state index contributed by atoms with van der Waals surface area (Å²) >= 11 is 0. The molecule has 0 spiro atoms. The second-order valence-electron chi connectivity index (χ2n) is 4.62. The Morgan fingerprint density at radius 1 is 1.10 bits per heavy atom. The highest BCUT2D eigenvalue weighted by Gasteiger charge is 2.24. The summed E-state index contributed by atoms with van der Waals surface area (Å²) in [6.07, 6.45) is 1.55. The zero-order valence-electron chi connectivity index (χ0n) is 11.3. The average molecular weight is 299 g/mol. The number of para-hydroxylation sites is 1. The zero-order chi connectivity index (χ0) is 14.9. The summed E-state index contributed by atoms with van der Waals surface area (Å²) in [5.74, 6) is 0.214. The fourth-order valence-electron chi connectivity index (χ4n) is 2.09. The molecule has 0 aliphatic carbocycles. The lowest BCUT2D eigenvalue weighted by molar-refractivity contribution is 0.259. The fraction of sp³-hybridized carbons (Fsp3) is 0.0667. The van der Waals surface area contributed by atoms with Gasteiger partial charge in [0.15, 0.2) is 5.84 Å². The molecule has 6 heteroatoms. The van der Waals surface area contributed by atoms with Gasteiger partial charge in [0.25, 0.3) is 0 Å². The van der Waals surface area contributed by atoms with E-state index in [0.29, 0.717) is 16.1 Å². The third kappa shape index (κ3) is 2.71. The molecule has 5 nitrogen and oxygen atoms in total. The smallest absolute Gasteiger partial charge is 0.306 e. The monoisotopic (exact) mass is 299 g/mol. The number of anilines is 1. The van der Waals surface area contributed by atoms with Crippen LogP contribution in [0.1, 0.15) is 5.56 Å². The Morgan fingerprint density at radius 3 is 2.52 bits per heavy atom. The number of amides is 2. The number of nitrogens with one attached hydrogen (secondary N) is 1. The molecule has 1 N–H and O–H groups in total. The fourth-order valence-corrected chi connectivity index (χ4v) is 3.56. The molecule has 0 saturated heterocycles. The number of rotatable bonds is 1. The van der Waals surface area contributed by atoms with Crippen molar-refractivity contribution in [1.82, 2.24) is 0 Å². The lowest BCUT2D eigenvalue weighted by atomic mass is 10.2. The van der Waals surface area contributed by atoms with Gasteiger partial charge in [-0.2, -0.15) is 9.36 Å². The second kappa shape index (κ2) is 5.14. The van der Waals surface area contributed by atoms with Crippen molar-refractivity contribution in [3.05, 3.63) is 60.2 Å². The molecule has 0 fully saturated rings. The first-order valence-electron chi connectivity index (χ1n) is 6.32. The van der Waals surface area contributed by atoms with Crippen LogP contribution < -0.4 is 5.32 Å². The Bertz CT molecular complexity index is 850. The SMILES string of the molecule is C[S@]1(=O)=NC(=NC(=O)Nc2ccccc2)c2ccccc21. The Balaban J connectivity index is 1.93. The number of fused-ring (bicyclic) bond motifs is 1.